The van der Waals surface area contributed by atoms with Gasteiger partial charge in [-0.15, -0.1) is 0 Å². The largest absolute Gasteiger partial charge is 0.497 e. The highest BCUT2D eigenvalue weighted by Crippen LogP contribution is 2.25. The molecular formula is C28H25N3O2. The number of hydrogen-bond acceptors (Lipinski definition) is 3. The summed E-state index contributed by atoms with van der Waals surface area (Å²) in [6, 6.07) is 27.5. The van der Waals surface area contributed by atoms with Crippen LogP contribution in [0.25, 0.3) is 17.0 Å². The Labute approximate surface area is 193 Å². The van der Waals surface area contributed by atoms with Gasteiger partial charge in [0.05, 0.1) is 25.6 Å². The zero-order chi connectivity index (χ0) is 23.0. The van der Waals surface area contributed by atoms with Gasteiger partial charge in [-0.05, 0) is 35.4 Å². The summed E-state index contributed by atoms with van der Waals surface area (Å²) in [5, 5.41) is 13.1. The van der Waals surface area contributed by atoms with Crippen LogP contribution in [0.1, 0.15) is 29.2 Å². The number of nitrogens with one attached hydrogen (secondary N) is 1. The Morgan fingerprint density at radius 1 is 1.03 bits per heavy atom. The van der Waals surface area contributed by atoms with Crippen LogP contribution in [-0.2, 0) is 11.3 Å². The number of nitrogens with zero attached hydrogens (tertiary/aromatic N) is 2. The predicted molar refractivity (Wildman–Crippen MR) is 131 cm³/mol. The third-order valence-corrected chi connectivity index (χ3v) is 5.57. The van der Waals surface area contributed by atoms with Crippen molar-refractivity contribution in [1.82, 2.24) is 9.88 Å². The van der Waals surface area contributed by atoms with Gasteiger partial charge < -0.3 is 14.6 Å². The van der Waals surface area contributed by atoms with Crippen molar-refractivity contribution < 1.29 is 9.53 Å². The van der Waals surface area contributed by atoms with E-state index < -0.39 is 0 Å². The number of aromatic nitrogens is 1. The number of benzene rings is 3. The zero-order valence-electron chi connectivity index (χ0n) is 18.4. The molecule has 0 radical (unpaired) electrons. The number of aryl methyl sites for hydroxylation is 1. The lowest BCUT2D eigenvalue weighted by atomic mass is 9.98. The molecule has 1 aromatic heterocycles. The Balaban J connectivity index is 1.58. The summed E-state index contributed by atoms with van der Waals surface area (Å²) in [6.45, 7) is 0.616. The molecule has 1 N–H and O–H groups in total. The average Bonchev–Trinajstić information content (AvgIpc) is 3.23. The van der Waals surface area contributed by atoms with E-state index in [1.54, 1.807) is 13.2 Å². The van der Waals surface area contributed by atoms with Crippen molar-refractivity contribution >= 4 is 22.9 Å². The number of ether oxygens (including phenoxy) is 1. The van der Waals surface area contributed by atoms with Crippen molar-refractivity contribution in [2.24, 2.45) is 0 Å². The summed E-state index contributed by atoms with van der Waals surface area (Å²) in [4.78, 5) is 12.9. The maximum Gasteiger partial charge on any atom is 0.244 e. The van der Waals surface area contributed by atoms with Crippen LogP contribution in [-0.4, -0.2) is 17.6 Å². The van der Waals surface area contributed by atoms with Crippen LogP contribution in [0.5, 0.6) is 5.75 Å². The smallest absolute Gasteiger partial charge is 0.244 e. The van der Waals surface area contributed by atoms with Gasteiger partial charge in [0.1, 0.15) is 5.75 Å². The van der Waals surface area contributed by atoms with Gasteiger partial charge in [0.2, 0.25) is 5.91 Å². The fraction of sp³-hybridized carbons (Fsp3) is 0.143. The van der Waals surface area contributed by atoms with Crippen molar-refractivity contribution in [2.45, 2.75) is 19.0 Å². The van der Waals surface area contributed by atoms with E-state index in [1.807, 2.05) is 91.1 Å². The molecule has 0 aliphatic rings. The van der Waals surface area contributed by atoms with Gasteiger partial charge in [-0.1, -0.05) is 60.7 Å². The summed E-state index contributed by atoms with van der Waals surface area (Å²) < 4.78 is 7.32. The number of nitriles is 1. The number of carbonyl (C=O) groups is 1. The number of hydrogen-bond donors (Lipinski definition) is 1. The Bertz CT molecular complexity index is 1300. The van der Waals surface area contributed by atoms with E-state index in [9.17, 15) is 4.79 Å². The van der Waals surface area contributed by atoms with Gasteiger partial charge in [-0.3, -0.25) is 4.79 Å². The normalized spacial score (nSPS) is 11.9. The first kappa shape index (κ1) is 21.9. The lowest BCUT2D eigenvalue weighted by molar-refractivity contribution is -0.116. The number of fused-ring (bicyclic) bond motifs is 1. The Kier molecular flexibility index (Phi) is 6.87. The third kappa shape index (κ3) is 5.13. The number of methoxy groups -OCH3 is 1. The second kappa shape index (κ2) is 10.3. The van der Waals surface area contributed by atoms with Crippen molar-refractivity contribution in [3.63, 3.8) is 0 Å². The molecule has 5 heteroatoms. The van der Waals surface area contributed by atoms with E-state index in [1.165, 1.54) is 0 Å². The lowest BCUT2D eigenvalue weighted by Crippen LogP contribution is -2.27. The third-order valence-electron chi connectivity index (χ3n) is 5.57. The van der Waals surface area contributed by atoms with E-state index >= 15 is 0 Å². The first-order chi connectivity index (χ1) is 16.2. The Morgan fingerprint density at radius 3 is 2.45 bits per heavy atom. The van der Waals surface area contributed by atoms with Crippen molar-refractivity contribution in [3.05, 3.63) is 108 Å². The van der Waals surface area contributed by atoms with Crippen LogP contribution in [0.3, 0.4) is 0 Å². The minimum atomic E-state index is -0.286. The van der Waals surface area contributed by atoms with Gasteiger partial charge in [0.15, 0.2) is 0 Å². The standard InChI is InChI=1S/C28H25N3O2/c1-33-24-15-12-22(13-16-24)28(21-8-3-2-4-9-21)30-27(32)17-14-23-20-31(19-7-18-29)26-11-6-5-10-25(23)26/h2-6,8-17,20,28H,7,19H2,1H3,(H,30,32)/b17-14+. The quantitative estimate of drug-likeness (QED) is 0.373. The Morgan fingerprint density at radius 2 is 1.73 bits per heavy atom. The van der Waals surface area contributed by atoms with Crippen LogP contribution in [0.2, 0.25) is 0 Å². The molecule has 3 aromatic carbocycles. The van der Waals surface area contributed by atoms with Crippen LogP contribution < -0.4 is 10.1 Å². The first-order valence-corrected chi connectivity index (χ1v) is 10.8. The van der Waals surface area contributed by atoms with Crippen LogP contribution in [0.4, 0.5) is 0 Å². The summed E-state index contributed by atoms with van der Waals surface area (Å²) in [5.74, 6) is 0.582. The summed E-state index contributed by atoms with van der Waals surface area (Å²) >= 11 is 0. The molecule has 1 heterocycles. The number of para-hydroxylation sites is 1. The number of carbonyl (C=O) groups excluding carboxylic acids is 1. The molecule has 0 saturated heterocycles. The van der Waals surface area contributed by atoms with E-state index in [4.69, 9.17) is 10.00 Å². The molecule has 4 rings (SSSR count). The SMILES string of the molecule is COc1ccc(C(NC(=O)/C=C/c2cn(CCC#N)c3ccccc23)c2ccccc2)cc1. The highest BCUT2D eigenvalue weighted by molar-refractivity contribution is 5.96. The minimum absolute atomic E-state index is 0.187. The van der Waals surface area contributed by atoms with E-state index in [0.29, 0.717) is 13.0 Å². The molecule has 0 saturated carbocycles. The molecule has 33 heavy (non-hydrogen) atoms. The predicted octanol–water partition coefficient (Wildman–Crippen LogP) is 5.48. The topological polar surface area (TPSA) is 67.0 Å². The maximum absolute atomic E-state index is 12.9. The fourth-order valence-corrected chi connectivity index (χ4v) is 3.92. The Hall–Kier alpha value is -4.30. The molecule has 5 nitrogen and oxygen atoms in total. The monoisotopic (exact) mass is 435 g/mol. The van der Waals surface area contributed by atoms with Crippen molar-refractivity contribution in [1.29, 1.82) is 5.26 Å². The average molecular weight is 436 g/mol. The van der Waals surface area contributed by atoms with Crippen LogP contribution in [0, 0.1) is 11.3 Å². The van der Waals surface area contributed by atoms with Gasteiger partial charge in [-0.25, -0.2) is 0 Å². The molecule has 4 aromatic rings. The van der Waals surface area contributed by atoms with Gasteiger partial charge in [0.25, 0.3) is 0 Å². The molecular weight excluding hydrogens is 410 g/mol. The van der Waals surface area contributed by atoms with Gasteiger partial charge in [0, 0.05) is 35.3 Å². The molecule has 1 amide bonds. The first-order valence-electron chi connectivity index (χ1n) is 10.8. The molecule has 164 valence electrons. The fourth-order valence-electron chi connectivity index (χ4n) is 3.92. The summed E-state index contributed by atoms with van der Waals surface area (Å²) in [5.41, 5.74) is 3.96. The second-order valence-electron chi connectivity index (χ2n) is 7.66. The molecule has 0 fully saturated rings. The lowest BCUT2D eigenvalue weighted by Gasteiger charge is -2.19. The van der Waals surface area contributed by atoms with E-state index in [0.717, 1.165) is 33.3 Å². The zero-order valence-corrected chi connectivity index (χ0v) is 18.4. The number of amides is 1. The summed E-state index contributed by atoms with van der Waals surface area (Å²) in [6.07, 6.45) is 5.82. The van der Waals surface area contributed by atoms with Crippen molar-refractivity contribution in [2.75, 3.05) is 7.11 Å². The van der Waals surface area contributed by atoms with Crippen LogP contribution in [0.15, 0.2) is 91.1 Å². The number of rotatable bonds is 8. The second-order valence-corrected chi connectivity index (χ2v) is 7.66. The highest BCUT2D eigenvalue weighted by atomic mass is 16.5. The molecule has 1 atom stereocenters. The minimum Gasteiger partial charge on any atom is -0.497 e. The molecule has 0 aliphatic carbocycles. The molecule has 0 spiro atoms. The summed E-state index contributed by atoms with van der Waals surface area (Å²) in [7, 11) is 1.63. The van der Waals surface area contributed by atoms with Gasteiger partial charge in [-0.2, -0.15) is 5.26 Å². The van der Waals surface area contributed by atoms with Crippen LogP contribution >= 0.6 is 0 Å². The molecule has 0 bridgehead atoms. The van der Waals surface area contributed by atoms with Gasteiger partial charge >= 0.3 is 0 Å². The maximum atomic E-state index is 12.9. The van der Waals surface area contributed by atoms with Crippen molar-refractivity contribution in [3.8, 4) is 11.8 Å². The molecule has 0 aliphatic heterocycles. The van der Waals surface area contributed by atoms with E-state index in [-0.39, 0.29) is 11.9 Å². The highest BCUT2D eigenvalue weighted by Gasteiger charge is 2.16. The van der Waals surface area contributed by atoms with E-state index in [2.05, 4.69) is 16.0 Å². The molecule has 1 unspecified atom stereocenters.